The van der Waals surface area contributed by atoms with E-state index in [0.29, 0.717) is 28.4 Å². The van der Waals surface area contributed by atoms with Crippen LogP contribution >= 0.6 is 0 Å². The molecule has 142 valence electrons. The number of aryl methyl sites for hydroxylation is 2. The molecular formula is C19H18N6O3. The van der Waals surface area contributed by atoms with Gasteiger partial charge >= 0.3 is 0 Å². The number of carbonyl (C=O) groups is 1. The van der Waals surface area contributed by atoms with E-state index in [9.17, 15) is 9.59 Å². The monoisotopic (exact) mass is 378 g/mol. The average molecular weight is 378 g/mol. The van der Waals surface area contributed by atoms with Gasteiger partial charge in [0.2, 0.25) is 11.6 Å². The Kier molecular flexibility index (Phi) is 4.26. The minimum atomic E-state index is -0.410. The summed E-state index contributed by atoms with van der Waals surface area (Å²) >= 11 is 0. The van der Waals surface area contributed by atoms with E-state index in [1.807, 2.05) is 19.1 Å². The van der Waals surface area contributed by atoms with Crippen molar-refractivity contribution in [1.82, 2.24) is 24.1 Å². The molecule has 4 rings (SSSR count). The highest BCUT2D eigenvalue weighted by Gasteiger charge is 2.18. The van der Waals surface area contributed by atoms with Crippen LogP contribution in [0.3, 0.4) is 0 Å². The summed E-state index contributed by atoms with van der Waals surface area (Å²) in [4.78, 5) is 30.0. The van der Waals surface area contributed by atoms with Crippen molar-refractivity contribution in [2.75, 3.05) is 12.4 Å². The number of ether oxygens (including phenoxy) is 1. The van der Waals surface area contributed by atoms with Crippen molar-refractivity contribution in [3.05, 3.63) is 58.3 Å². The van der Waals surface area contributed by atoms with Crippen LogP contribution in [0.15, 0.2) is 41.3 Å². The smallest absolute Gasteiger partial charge is 0.297 e. The summed E-state index contributed by atoms with van der Waals surface area (Å²) in [7, 11) is 1.53. The second kappa shape index (κ2) is 6.76. The summed E-state index contributed by atoms with van der Waals surface area (Å²) in [5.74, 6) is 0.731. The maximum absolute atomic E-state index is 12.9. The van der Waals surface area contributed by atoms with E-state index in [2.05, 4.69) is 20.5 Å². The lowest BCUT2D eigenvalue weighted by atomic mass is 10.2. The van der Waals surface area contributed by atoms with Gasteiger partial charge in [0.15, 0.2) is 5.65 Å². The van der Waals surface area contributed by atoms with Gasteiger partial charge in [-0.05, 0) is 43.7 Å². The highest BCUT2D eigenvalue weighted by atomic mass is 16.5. The number of anilines is 1. The molecule has 0 aliphatic carbocycles. The first-order valence-corrected chi connectivity index (χ1v) is 8.63. The van der Waals surface area contributed by atoms with Gasteiger partial charge in [-0.3, -0.25) is 18.6 Å². The molecule has 3 heterocycles. The van der Waals surface area contributed by atoms with Gasteiger partial charge in [-0.1, -0.05) is 6.07 Å². The molecule has 0 spiro atoms. The molecular weight excluding hydrogens is 360 g/mol. The van der Waals surface area contributed by atoms with Crippen molar-refractivity contribution in [3.63, 3.8) is 0 Å². The lowest BCUT2D eigenvalue weighted by molar-refractivity contribution is -0.116. The predicted octanol–water partition coefficient (Wildman–Crippen LogP) is 1.70. The van der Waals surface area contributed by atoms with Crippen LogP contribution in [0.1, 0.15) is 11.4 Å². The second-order valence-corrected chi connectivity index (χ2v) is 6.40. The molecule has 1 amide bonds. The summed E-state index contributed by atoms with van der Waals surface area (Å²) in [5.41, 5.74) is 2.28. The highest BCUT2D eigenvalue weighted by Crippen LogP contribution is 2.25. The number of nitrogens with zero attached hydrogens (tertiary/aromatic N) is 5. The van der Waals surface area contributed by atoms with Gasteiger partial charge in [-0.15, -0.1) is 10.2 Å². The molecule has 0 atom stereocenters. The number of nitrogens with one attached hydrogen (secondary N) is 1. The maximum Gasteiger partial charge on any atom is 0.297 e. The molecule has 0 fully saturated rings. The fraction of sp³-hybridized carbons (Fsp3) is 0.211. The first-order chi connectivity index (χ1) is 13.5. The number of benzene rings is 1. The molecule has 0 saturated carbocycles. The number of fused-ring (bicyclic) bond motifs is 3. The largest absolute Gasteiger partial charge is 0.495 e. The summed E-state index contributed by atoms with van der Waals surface area (Å²) in [5, 5.41) is 10.7. The van der Waals surface area contributed by atoms with Gasteiger partial charge in [0.25, 0.3) is 5.56 Å². The van der Waals surface area contributed by atoms with E-state index in [4.69, 9.17) is 4.74 Å². The Balaban J connectivity index is 1.78. The van der Waals surface area contributed by atoms with E-state index in [-0.39, 0.29) is 18.1 Å². The van der Waals surface area contributed by atoms with E-state index < -0.39 is 5.56 Å². The van der Waals surface area contributed by atoms with E-state index in [1.54, 1.807) is 35.7 Å². The van der Waals surface area contributed by atoms with Crippen LogP contribution in [0.2, 0.25) is 0 Å². The van der Waals surface area contributed by atoms with E-state index >= 15 is 0 Å². The third-order valence-corrected chi connectivity index (χ3v) is 4.46. The van der Waals surface area contributed by atoms with Gasteiger partial charge < -0.3 is 10.1 Å². The number of carbonyl (C=O) groups excluding carboxylic acids is 1. The molecule has 0 saturated heterocycles. The van der Waals surface area contributed by atoms with Gasteiger partial charge in [-0.25, -0.2) is 4.98 Å². The van der Waals surface area contributed by atoms with Crippen LogP contribution in [-0.4, -0.2) is 37.2 Å². The summed E-state index contributed by atoms with van der Waals surface area (Å²) in [6.45, 7) is 3.47. The molecule has 1 aromatic carbocycles. The Hall–Kier alpha value is -3.75. The molecule has 0 aliphatic rings. The van der Waals surface area contributed by atoms with Crippen LogP contribution in [0.4, 0.5) is 5.69 Å². The lowest BCUT2D eigenvalue weighted by Crippen LogP contribution is -2.30. The summed E-state index contributed by atoms with van der Waals surface area (Å²) < 4.78 is 8.23. The Bertz CT molecular complexity index is 1270. The number of aromatic nitrogens is 5. The van der Waals surface area contributed by atoms with Crippen molar-refractivity contribution in [2.45, 2.75) is 20.4 Å². The predicted molar refractivity (Wildman–Crippen MR) is 104 cm³/mol. The molecule has 1 N–H and O–H groups in total. The molecule has 4 aromatic rings. The maximum atomic E-state index is 12.9. The minimum Gasteiger partial charge on any atom is -0.495 e. The number of hydrogen-bond acceptors (Lipinski definition) is 6. The first-order valence-electron chi connectivity index (χ1n) is 8.63. The van der Waals surface area contributed by atoms with Crippen molar-refractivity contribution in [1.29, 1.82) is 0 Å². The normalized spacial score (nSPS) is 11.1. The highest BCUT2D eigenvalue weighted by molar-refractivity contribution is 5.93. The quantitative estimate of drug-likeness (QED) is 0.580. The fourth-order valence-electron chi connectivity index (χ4n) is 3.17. The first kappa shape index (κ1) is 17.7. The Morgan fingerprint density at radius 1 is 1.18 bits per heavy atom. The number of pyridine rings is 1. The van der Waals surface area contributed by atoms with Crippen molar-refractivity contribution in [2.24, 2.45) is 0 Å². The van der Waals surface area contributed by atoms with E-state index in [1.165, 1.54) is 11.7 Å². The van der Waals surface area contributed by atoms with Crippen LogP contribution in [0, 0.1) is 13.8 Å². The standard InChI is InChI=1S/C19H18N6O3/c1-11-6-7-15(28-3)13(9-11)21-16(26)10-24-14-5-4-8-20-17(14)25-12(2)22-23-18(25)19(24)27/h4-9H,10H2,1-3H3,(H,21,26). The SMILES string of the molecule is COc1ccc(C)cc1NC(=O)Cn1c(=O)c2nnc(C)n2c2ncccc21. The van der Waals surface area contributed by atoms with Crippen LogP contribution in [0.5, 0.6) is 5.75 Å². The molecule has 0 bridgehead atoms. The van der Waals surface area contributed by atoms with Crippen molar-refractivity contribution in [3.8, 4) is 5.75 Å². The number of hydrogen-bond donors (Lipinski definition) is 1. The molecule has 0 unspecified atom stereocenters. The number of methoxy groups -OCH3 is 1. The van der Waals surface area contributed by atoms with Crippen LogP contribution < -0.4 is 15.6 Å². The fourth-order valence-corrected chi connectivity index (χ4v) is 3.17. The van der Waals surface area contributed by atoms with Crippen molar-refractivity contribution < 1.29 is 9.53 Å². The number of rotatable bonds is 4. The zero-order chi connectivity index (χ0) is 19.8. The van der Waals surface area contributed by atoms with Gasteiger partial charge in [0, 0.05) is 6.20 Å². The molecule has 28 heavy (non-hydrogen) atoms. The van der Waals surface area contributed by atoms with Crippen molar-refractivity contribution >= 4 is 28.4 Å². The third kappa shape index (κ3) is 2.86. The van der Waals surface area contributed by atoms with Gasteiger partial charge in [0.1, 0.15) is 18.1 Å². The zero-order valence-electron chi connectivity index (χ0n) is 15.6. The number of amides is 1. The van der Waals surface area contributed by atoms with Gasteiger partial charge in [0.05, 0.1) is 18.3 Å². The Labute approximate surface area is 159 Å². The Morgan fingerprint density at radius 3 is 2.79 bits per heavy atom. The Morgan fingerprint density at radius 2 is 2.00 bits per heavy atom. The third-order valence-electron chi connectivity index (χ3n) is 4.46. The molecule has 9 heteroatoms. The topological polar surface area (TPSA) is 103 Å². The lowest BCUT2D eigenvalue weighted by Gasteiger charge is -2.13. The van der Waals surface area contributed by atoms with Crippen LogP contribution in [0.25, 0.3) is 16.8 Å². The van der Waals surface area contributed by atoms with Crippen LogP contribution in [-0.2, 0) is 11.3 Å². The zero-order valence-corrected chi connectivity index (χ0v) is 15.6. The van der Waals surface area contributed by atoms with Gasteiger partial charge in [-0.2, -0.15) is 0 Å². The minimum absolute atomic E-state index is 0.129. The molecule has 9 nitrogen and oxygen atoms in total. The molecule has 3 aromatic heterocycles. The second-order valence-electron chi connectivity index (χ2n) is 6.40. The molecule has 0 aliphatic heterocycles. The summed E-state index contributed by atoms with van der Waals surface area (Å²) in [6, 6.07) is 8.93. The van der Waals surface area contributed by atoms with E-state index in [0.717, 1.165) is 5.56 Å². The summed E-state index contributed by atoms with van der Waals surface area (Å²) in [6.07, 6.45) is 1.62. The molecule has 0 radical (unpaired) electrons. The average Bonchev–Trinajstić information content (AvgIpc) is 3.07.